The molecule has 0 radical (unpaired) electrons. The van der Waals surface area contributed by atoms with E-state index in [1.807, 2.05) is 0 Å². The van der Waals surface area contributed by atoms with Crippen LogP contribution in [0.1, 0.15) is 12.5 Å². The summed E-state index contributed by atoms with van der Waals surface area (Å²) in [6, 6.07) is 13.8. The van der Waals surface area contributed by atoms with Crippen LogP contribution in [0.4, 0.5) is 4.39 Å². The highest BCUT2D eigenvalue weighted by Gasteiger charge is 2.20. The monoisotopic (exact) mass is 396 g/mol. The third-order valence-electron chi connectivity index (χ3n) is 3.91. The first-order valence-electron chi connectivity index (χ1n) is 8.49. The number of hydrogen-bond acceptors (Lipinski definition) is 6. The van der Waals surface area contributed by atoms with Crippen LogP contribution in [0.15, 0.2) is 66.7 Å². The number of ether oxygens (including phenoxy) is 3. The molecule has 3 rings (SSSR count). The Morgan fingerprint density at radius 1 is 0.966 bits per heavy atom. The van der Waals surface area contributed by atoms with Gasteiger partial charge in [0.25, 0.3) is 0 Å². The van der Waals surface area contributed by atoms with Crippen molar-refractivity contribution < 1.29 is 28.5 Å². The maximum absolute atomic E-state index is 13.8. The van der Waals surface area contributed by atoms with E-state index in [1.54, 1.807) is 43.3 Å². The van der Waals surface area contributed by atoms with Crippen LogP contribution in [0.2, 0.25) is 0 Å². The molecule has 1 N–H and O–H groups in total. The highest BCUT2D eigenvalue weighted by atomic mass is 19.1. The van der Waals surface area contributed by atoms with E-state index >= 15 is 0 Å². The van der Waals surface area contributed by atoms with Crippen LogP contribution < -0.4 is 9.47 Å². The third kappa shape index (κ3) is 4.67. The van der Waals surface area contributed by atoms with Gasteiger partial charge in [0.2, 0.25) is 11.8 Å². The van der Waals surface area contributed by atoms with Gasteiger partial charge in [0.1, 0.15) is 23.4 Å². The van der Waals surface area contributed by atoms with Crippen LogP contribution in [-0.4, -0.2) is 28.2 Å². The molecule has 0 aliphatic heterocycles. The summed E-state index contributed by atoms with van der Waals surface area (Å²) < 4.78 is 30.1. The Labute approximate surface area is 166 Å². The molecule has 29 heavy (non-hydrogen) atoms. The number of aliphatic carboxylic acids is 1. The van der Waals surface area contributed by atoms with E-state index in [-0.39, 0.29) is 34.6 Å². The van der Waals surface area contributed by atoms with Crippen molar-refractivity contribution in [3.05, 3.63) is 78.1 Å². The Bertz CT molecular complexity index is 1070. The number of hydrogen-bond donors (Lipinski definition) is 1. The second-order valence-electron chi connectivity index (χ2n) is 5.77. The number of nitrogens with zero attached hydrogens (tertiary/aromatic N) is 2. The molecule has 0 spiro atoms. The molecular formula is C21H17FN2O5. The van der Waals surface area contributed by atoms with Crippen molar-refractivity contribution in [3.8, 4) is 23.3 Å². The van der Waals surface area contributed by atoms with Gasteiger partial charge in [-0.1, -0.05) is 30.3 Å². The summed E-state index contributed by atoms with van der Waals surface area (Å²) in [6.45, 7) is 1.55. The Hall–Kier alpha value is -3.94. The van der Waals surface area contributed by atoms with Gasteiger partial charge >= 0.3 is 5.97 Å². The lowest BCUT2D eigenvalue weighted by Crippen LogP contribution is -2.05. The number of benzene rings is 2. The molecule has 0 amide bonds. The third-order valence-corrected chi connectivity index (χ3v) is 3.91. The Morgan fingerprint density at radius 3 is 2.17 bits per heavy atom. The van der Waals surface area contributed by atoms with Crippen molar-refractivity contribution in [1.29, 1.82) is 0 Å². The van der Waals surface area contributed by atoms with E-state index in [4.69, 9.17) is 14.2 Å². The number of carboxylic acids is 1. The molecule has 0 aliphatic carbocycles. The fourth-order valence-corrected chi connectivity index (χ4v) is 2.51. The predicted molar refractivity (Wildman–Crippen MR) is 102 cm³/mol. The molecule has 0 unspecified atom stereocenters. The smallest absolute Gasteiger partial charge is 0.339 e. The van der Waals surface area contributed by atoms with E-state index < -0.39 is 11.8 Å². The van der Waals surface area contributed by atoms with Crippen LogP contribution in [0, 0.1) is 5.82 Å². The highest BCUT2D eigenvalue weighted by Crippen LogP contribution is 2.32. The summed E-state index contributed by atoms with van der Waals surface area (Å²) in [4.78, 5) is 19.7. The standard InChI is InChI=1S/C21H17FN2O5/c1-13(27-2)20(21(25)26)14-7-3-5-9-16(14)28-18-11-19(24-12-23-18)29-17-10-6-4-8-15(17)22/h3-12H,1-2H3,(H,25,26)/b20-13+. The minimum absolute atomic E-state index is 0.00404. The Balaban J connectivity index is 1.92. The van der Waals surface area contributed by atoms with E-state index in [1.165, 1.54) is 31.6 Å². The number of aromatic nitrogens is 2. The van der Waals surface area contributed by atoms with Gasteiger partial charge in [-0.25, -0.2) is 19.2 Å². The first-order chi connectivity index (χ1) is 14.0. The van der Waals surface area contributed by atoms with Crippen molar-refractivity contribution in [2.45, 2.75) is 6.92 Å². The summed E-state index contributed by atoms with van der Waals surface area (Å²) >= 11 is 0. The summed E-state index contributed by atoms with van der Waals surface area (Å²) in [6.07, 6.45) is 1.20. The Kier molecular flexibility index (Phi) is 6.03. The largest absolute Gasteiger partial charge is 0.500 e. The van der Waals surface area contributed by atoms with Gasteiger partial charge in [-0.3, -0.25) is 0 Å². The quantitative estimate of drug-likeness (QED) is 0.459. The lowest BCUT2D eigenvalue weighted by atomic mass is 10.0. The zero-order chi connectivity index (χ0) is 20.8. The second kappa shape index (κ2) is 8.83. The fraction of sp³-hybridized carbons (Fsp3) is 0.0952. The maximum Gasteiger partial charge on any atom is 0.339 e. The van der Waals surface area contributed by atoms with E-state index in [0.29, 0.717) is 5.56 Å². The molecule has 1 heterocycles. The van der Waals surface area contributed by atoms with E-state index in [2.05, 4.69) is 9.97 Å². The van der Waals surface area contributed by atoms with Crippen LogP contribution in [0.3, 0.4) is 0 Å². The summed E-state index contributed by atoms with van der Waals surface area (Å²) in [7, 11) is 1.39. The number of allylic oxidation sites excluding steroid dienone is 1. The van der Waals surface area contributed by atoms with E-state index in [9.17, 15) is 14.3 Å². The van der Waals surface area contributed by atoms with Crippen molar-refractivity contribution >= 4 is 11.5 Å². The average molecular weight is 396 g/mol. The number of halogens is 1. The van der Waals surface area contributed by atoms with Gasteiger partial charge in [-0.05, 0) is 25.1 Å². The predicted octanol–water partition coefficient (Wildman–Crippen LogP) is 4.66. The SMILES string of the molecule is CO/C(C)=C(/C(=O)O)c1ccccc1Oc1cc(Oc2ccccc2F)ncn1. The number of carboxylic acid groups (broad SMARTS) is 1. The molecule has 0 fully saturated rings. The molecule has 3 aromatic rings. The average Bonchev–Trinajstić information content (AvgIpc) is 2.71. The molecule has 0 atom stereocenters. The molecule has 0 aliphatic rings. The molecule has 148 valence electrons. The minimum atomic E-state index is -1.16. The van der Waals surface area contributed by atoms with Gasteiger partial charge < -0.3 is 19.3 Å². The van der Waals surface area contributed by atoms with Gasteiger partial charge in [-0.15, -0.1) is 0 Å². The van der Waals surface area contributed by atoms with Crippen molar-refractivity contribution in [1.82, 2.24) is 9.97 Å². The first kappa shape index (κ1) is 19.8. The van der Waals surface area contributed by atoms with E-state index in [0.717, 1.165) is 0 Å². The normalized spacial score (nSPS) is 11.4. The van der Waals surface area contributed by atoms with Gasteiger partial charge in [-0.2, -0.15) is 0 Å². The lowest BCUT2D eigenvalue weighted by molar-refractivity contribution is -0.130. The second-order valence-corrected chi connectivity index (χ2v) is 5.77. The number of rotatable bonds is 7. The van der Waals surface area contributed by atoms with Crippen molar-refractivity contribution in [2.75, 3.05) is 7.11 Å². The number of para-hydroxylation sites is 2. The topological polar surface area (TPSA) is 90.8 Å². The zero-order valence-electron chi connectivity index (χ0n) is 15.6. The van der Waals surface area contributed by atoms with Gasteiger partial charge in [0.05, 0.1) is 13.2 Å². The van der Waals surface area contributed by atoms with Gasteiger partial charge in [0, 0.05) is 5.56 Å². The molecular weight excluding hydrogens is 379 g/mol. The minimum Gasteiger partial charge on any atom is -0.500 e. The fourth-order valence-electron chi connectivity index (χ4n) is 2.51. The molecule has 1 aromatic heterocycles. The maximum atomic E-state index is 13.8. The number of methoxy groups -OCH3 is 1. The Morgan fingerprint density at radius 2 is 1.55 bits per heavy atom. The zero-order valence-corrected chi connectivity index (χ0v) is 15.6. The molecule has 0 bridgehead atoms. The van der Waals surface area contributed by atoms with Crippen molar-refractivity contribution in [2.24, 2.45) is 0 Å². The summed E-state index contributed by atoms with van der Waals surface area (Å²) in [5.41, 5.74) is 0.273. The van der Waals surface area contributed by atoms with Crippen LogP contribution in [0.5, 0.6) is 23.3 Å². The molecule has 0 saturated carbocycles. The highest BCUT2D eigenvalue weighted by molar-refractivity contribution is 6.16. The summed E-state index contributed by atoms with van der Waals surface area (Å²) in [5, 5.41) is 9.58. The van der Waals surface area contributed by atoms with Crippen molar-refractivity contribution in [3.63, 3.8) is 0 Å². The molecule has 2 aromatic carbocycles. The van der Waals surface area contributed by atoms with Crippen LogP contribution in [0.25, 0.3) is 5.57 Å². The lowest BCUT2D eigenvalue weighted by Gasteiger charge is -2.13. The van der Waals surface area contributed by atoms with Crippen LogP contribution >= 0.6 is 0 Å². The summed E-state index contributed by atoms with van der Waals surface area (Å²) in [5.74, 6) is -1.06. The van der Waals surface area contributed by atoms with Crippen LogP contribution in [-0.2, 0) is 9.53 Å². The molecule has 0 saturated heterocycles. The number of carbonyl (C=O) groups is 1. The first-order valence-corrected chi connectivity index (χ1v) is 8.49. The van der Waals surface area contributed by atoms with Gasteiger partial charge in [0.15, 0.2) is 11.6 Å². The molecule has 8 heteroatoms. The molecule has 7 nitrogen and oxygen atoms in total.